The van der Waals surface area contributed by atoms with E-state index in [1.54, 1.807) is 12.1 Å². The molecule has 0 aromatic heterocycles. The molecule has 2 rings (SSSR count). The zero-order chi connectivity index (χ0) is 19.5. The molecule has 0 aliphatic carbocycles. The molecule has 0 unspecified atom stereocenters. The van der Waals surface area contributed by atoms with Crippen LogP contribution >= 0.6 is 24.0 Å². The molecule has 158 valence electrons. The Hall–Kier alpha value is -1.35. The molecule has 0 radical (unpaired) electrons. The van der Waals surface area contributed by atoms with Crippen LogP contribution in [0.1, 0.15) is 49.0 Å². The standard InChI is InChI=1S/C21H34N4O2.HI/c1-4-22-21(23-12-5-13-25-14-10-17(2)11-15-25)24-16-18-6-8-19(9-7-18)20(26)27-3;/h6-9,17H,4-5,10-16H2,1-3H3,(H2,22,23,24);1H. The molecule has 1 aromatic rings. The highest BCUT2D eigenvalue weighted by Crippen LogP contribution is 2.15. The van der Waals surface area contributed by atoms with Gasteiger partial charge in [0.2, 0.25) is 0 Å². The summed E-state index contributed by atoms with van der Waals surface area (Å²) in [4.78, 5) is 18.7. The fourth-order valence-corrected chi connectivity index (χ4v) is 3.17. The molecule has 0 atom stereocenters. The van der Waals surface area contributed by atoms with Crippen molar-refractivity contribution in [3.63, 3.8) is 0 Å². The number of hydrogen-bond acceptors (Lipinski definition) is 4. The molecular formula is C21H35IN4O2. The highest BCUT2D eigenvalue weighted by molar-refractivity contribution is 14.0. The molecule has 28 heavy (non-hydrogen) atoms. The third kappa shape index (κ3) is 8.77. The van der Waals surface area contributed by atoms with E-state index in [4.69, 9.17) is 4.74 Å². The molecule has 1 aliphatic heterocycles. The number of benzene rings is 1. The summed E-state index contributed by atoms with van der Waals surface area (Å²) in [7, 11) is 1.39. The number of halogens is 1. The van der Waals surface area contributed by atoms with Gasteiger partial charge in [-0.2, -0.15) is 0 Å². The molecule has 0 amide bonds. The molecule has 0 bridgehead atoms. The predicted octanol–water partition coefficient (Wildman–Crippen LogP) is 3.27. The van der Waals surface area contributed by atoms with Gasteiger partial charge >= 0.3 is 5.97 Å². The van der Waals surface area contributed by atoms with Crippen molar-refractivity contribution in [1.82, 2.24) is 15.5 Å². The van der Waals surface area contributed by atoms with Crippen LogP contribution in [0.2, 0.25) is 0 Å². The van der Waals surface area contributed by atoms with Gasteiger partial charge in [0.1, 0.15) is 0 Å². The van der Waals surface area contributed by atoms with Gasteiger partial charge in [0.15, 0.2) is 5.96 Å². The monoisotopic (exact) mass is 502 g/mol. The lowest BCUT2D eigenvalue weighted by atomic mass is 9.99. The van der Waals surface area contributed by atoms with Gasteiger partial charge in [-0.05, 0) is 69.4 Å². The molecule has 1 heterocycles. The molecule has 7 heteroatoms. The lowest BCUT2D eigenvalue weighted by molar-refractivity contribution is 0.0600. The number of guanidine groups is 1. The molecule has 1 saturated heterocycles. The minimum atomic E-state index is -0.316. The summed E-state index contributed by atoms with van der Waals surface area (Å²) in [5, 5.41) is 6.70. The summed E-state index contributed by atoms with van der Waals surface area (Å²) >= 11 is 0. The minimum absolute atomic E-state index is 0. The van der Waals surface area contributed by atoms with Crippen LogP contribution in [0.25, 0.3) is 0 Å². The maximum atomic E-state index is 11.5. The highest BCUT2D eigenvalue weighted by atomic mass is 127. The van der Waals surface area contributed by atoms with Crippen molar-refractivity contribution in [2.75, 3.05) is 39.8 Å². The molecule has 1 aromatic carbocycles. The van der Waals surface area contributed by atoms with E-state index in [2.05, 4.69) is 34.4 Å². The summed E-state index contributed by atoms with van der Waals surface area (Å²) in [6, 6.07) is 7.38. The number of carbonyl (C=O) groups excluding carboxylic acids is 1. The van der Waals surface area contributed by atoms with Crippen molar-refractivity contribution in [3.8, 4) is 0 Å². The molecule has 0 spiro atoms. The Labute approximate surface area is 186 Å². The lowest BCUT2D eigenvalue weighted by Gasteiger charge is -2.30. The number of esters is 1. The fraction of sp³-hybridized carbons (Fsp3) is 0.619. The molecular weight excluding hydrogens is 467 g/mol. The summed E-state index contributed by atoms with van der Waals surface area (Å²) < 4.78 is 4.72. The highest BCUT2D eigenvalue weighted by Gasteiger charge is 2.14. The average Bonchev–Trinajstić information content (AvgIpc) is 2.70. The Kier molecular flexibility index (Phi) is 12.1. The van der Waals surface area contributed by atoms with E-state index >= 15 is 0 Å². The zero-order valence-electron chi connectivity index (χ0n) is 17.4. The van der Waals surface area contributed by atoms with Gasteiger partial charge in [-0.15, -0.1) is 24.0 Å². The van der Waals surface area contributed by atoms with E-state index in [-0.39, 0.29) is 29.9 Å². The van der Waals surface area contributed by atoms with Gasteiger partial charge < -0.3 is 20.3 Å². The molecule has 2 N–H and O–H groups in total. The topological polar surface area (TPSA) is 66.0 Å². The van der Waals surface area contributed by atoms with E-state index < -0.39 is 0 Å². The number of likely N-dealkylation sites (tertiary alicyclic amines) is 1. The summed E-state index contributed by atoms with van der Waals surface area (Å²) in [6.07, 6.45) is 3.77. The first-order chi connectivity index (χ1) is 13.1. The summed E-state index contributed by atoms with van der Waals surface area (Å²) in [5.74, 6) is 1.40. The van der Waals surface area contributed by atoms with Gasteiger partial charge in [0.05, 0.1) is 19.2 Å². The van der Waals surface area contributed by atoms with E-state index in [0.717, 1.165) is 43.5 Å². The van der Waals surface area contributed by atoms with Gasteiger partial charge in [0, 0.05) is 13.1 Å². The number of ether oxygens (including phenoxy) is 1. The van der Waals surface area contributed by atoms with Crippen LogP contribution in [0.3, 0.4) is 0 Å². The second-order valence-corrected chi connectivity index (χ2v) is 7.19. The largest absolute Gasteiger partial charge is 0.465 e. The number of nitrogens with zero attached hydrogens (tertiary/aromatic N) is 2. The summed E-state index contributed by atoms with van der Waals surface area (Å²) in [5.41, 5.74) is 1.62. The van der Waals surface area contributed by atoms with Crippen molar-refractivity contribution in [2.45, 2.75) is 39.7 Å². The number of methoxy groups -OCH3 is 1. The Balaban J connectivity index is 0.00000392. The number of nitrogens with one attached hydrogen (secondary N) is 2. The van der Waals surface area contributed by atoms with Crippen molar-refractivity contribution >= 4 is 35.9 Å². The first-order valence-corrected chi connectivity index (χ1v) is 10.0. The van der Waals surface area contributed by atoms with Crippen LogP contribution < -0.4 is 10.6 Å². The molecule has 1 aliphatic rings. The fourth-order valence-electron chi connectivity index (χ4n) is 3.17. The maximum absolute atomic E-state index is 11.5. The number of aliphatic imine (C=N–C) groups is 1. The first kappa shape index (κ1) is 24.7. The maximum Gasteiger partial charge on any atom is 0.337 e. The van der Waals surface area contributed by atoms with E-state index in [1.807, 2.05) is 12.1 Å². The van der Waals surface area contributed by atoms with Gasteiger partial charge in [-0.3, -0.25) is 0 Å². The number of rotatable bonds is 8. The van der Waals surface area contributed by atoms with Gasteiger partial charge in [-0.25, -0.2) is 9.79 Å². The van der Waals surface area contributed by atoms with E-state index in [1.165, 1.54) is 33.0 Å². The van der Waals surface area contributed by atoms with Crippen LogP contribution in [0.15, 0.2) is 29.3 Å². The number of hydrogen-bond donors (Lipinski definition) is 2. The Morgan fingerprint density at radius 2 is 1.89 bits per heavy atom. The average molecular weight is 502 g/mol. The Morgan fingerprint density at radius 1 is 1.21 bits per heavy atom. The summed E-state index contributed by atoms with van der Waals surface area (Å²) in [6.45, 7) is 10.3. The third-order valence-electron chi connectivity index (χ3n) is 4.96. The molecule has 0 saturated carbocycles. The van der Waals surface area contributed by atoms with Gasteiger partial charge in [0.25, 0.3) is 0 Å². The molecule has 6 nitrogen and oxygen atoms in total. The van der Waals surface area contributed by atoms with Crippen LogP contribution in [-0.2, 0) is 11.3 Å². The third-order valence-corrected chi connectivity index (χ3v) is 4.96. The minimum Gasteiger partial charge on any atom is -0.465 e. The van der Waals surface area contributed by atoms with Crippen molar-refractivity contribution in [2.24, 2.45) is 10.9 Å². The van der Waals surface area contributed by atoms with Crippen molar-refractivity contribution in [3.05, 3.63) is 35.4 Å². The van der Waals surface area contributed by atoms with Crippen molar-refractivity contribution < 1.29 is 9.53 Å². The van der Waals surface area contributed by atoms with Gasteiger partial charge in [-0.1, -0.05) is 19.1 Å². The zero-order valence-corrected chi connectivity index (χ0v) is 19.7. The number of piperidine rings is 1. The quantitative estimate of drug-likeness (QED) is 0.188. The Morgan fingerprint density at radius 3 is 2.50 bits per heavy atom. The second-order valence-electron chi connectivity index (χ2n) is 7.19. The lowest BCUT2D eigenvalue weighted by Crippen LogP contribution is -2.39. The normalized spacial score (nSPS) is 15.6. The van der Waals surface area contributed by atoms with E-state index in [0.29, 0.717) is 12.1 Å². The van der Waals surface area contributed by atoms with Crippen molar-refractivity contribution in [1.29, 1.82) is 0 Å². The van der Waals surface area contributed by atoms with Crippen LogP contribution in [0, 0.1) is 5.92 Å². The Bertz CT molecular complexity index is 599. The first-order valence-electron chi connectivity index (χ1n) is 10.0. The predicted molar refractivity (Wildman–Crippen MR) is 125 cm³/mol. The smallest absolute Gasteiger partial charge is 0.337 e. The van der Waals surface area contributed by atoms with E-state index in [9.17, 15) is 4.79 Å². The second kappa shape index (κ2) is 13.8. The van der Waals surface area contributed by atoms with Crippen LogP contribution in [-0.4, -0.2) is 56.7 Å². The SMILES string of the molecule is CCNC(=NCc1ccc(C(=O)OC)cc1)NCCCN1CCC(C)CC1.I. The number of carbonyl (C=O) groups is 1. The molecule has 1 fully saturated rings. The van der Waals surface area contributed by atoms with Crippen LogP contribution in [0.4, 0.5) is 0 Å². The van der Waals surface area contributed by atoms with Crippen LogP contribution in [0.5, 0.6) is 0 Å².